The molecular formula is C15H20N4S2. The van der Waals surface area contributed by atoms with E-state index in [9.17, 15) is 0 Å². The molecule has 6 heteroatoms. The Kier molecular flexibility index (Phi) is 6.10. The van der Waals surface area contributed by atoms with Gasteiger partial charge in [0.05, 0.1) is 0 Å². The van der Waals surface area contributed by atoms with Gasteiger partial charge in [-0.25, -0.2) is 0 Å². The molecule has 0 spiro atoms. The van der Waals surface area contributed by atoms with Gasteiger partial charge in [0.15, 0.2) is 9.91 Å². The molecule has 2 rings (SSSR count). The minimum Gasteiger partial charge on any atom is -0.360 e. The van der Waals surface area contributed by atoms with Crippen molar-refractivity contribution in [1.82, 2.24) is 14.8 Å². The SMILES string of the molecule is CN(C)CCNC(=S)N=c1sccn1Cc1ccccc1. The highest BCUT2D eigenvalue weighted by atomic mass is 32.1. The van der Waals surface area contributed by atoms with Crippen LogP contribution >= 0.6 is 23.6 Å². The minimum atomic E-state index is 0.543. The van der Waals surface area contributed by atoms with Gasteiger partial charge >= 0.3 is 0 Å². The second-order valence-electron chi connectivity index (χ2n) is 4.95. The summed E-state index contributed by atoms with van der Waals surface area (Å²) in [5.74, 6) is 0. The fourth-order valence-electron chi connectivity index (χ4n) is 1.80. The number of thiazole rings is 1. The molecule has 0 saturated heterocycles. The molecule has 0 aliphatic rings. The van der Waals surface area contributed by atoms with Crippen molar-refractivity contribution >= 4 is 28.7 Å². The van der Waals surface area contributed by atoms with E-state index in [4.69, 9.17) is 12.2 Å². The van der Waals surface area contributed by atoms with Crippen molar-refractivity contribution in [2.45, 2.75) is 6.54 Å². The van der Waals surface area contributed by atoms with Gasteiger partial charge in [0.25, 0.3) is 0 Å². The molecule has 112 valence electrons. The van der Waals surface area contributed by atoms with Gasteiger partial charge in [0, 0.05) is 31.2 Å². The monoisotopic (exact) mass is 320 g/mol. The van der Waals surface area contributed by atoms with Crippen molar-refractivity contribution in [2.75, 3.05) is 27.2 Å². The molecule has 2 aromatic rings. The molecule has 21 heavy (non-hydrogen) atoms. The lowest BCUT2D eigenvalue weighted by molar-refractivity contribution is 0.413. The van der Waals surface area contributed by atoms with Crippen LogP contribution in [0.5, 0.6) is 0 Å². The van der Waals surface area contributed by atoms with Crippen LogP contribution in [-0.2, 0) is 6.54 Å². The number of hydrogen-bond acceptors (Lipinski definition) is 3. The van der Waals surface area contributed by atoms with Gasteiger partial charge < -0.3 is 14.8 Å². The van der Waals surface area contributed by atoms with E-state index in [1.54, 1.807) is 11.3 Å². The zero-order chi connectivity index (χ0) is 15.1. The molecule has 1 heterocycles. The van der Waals surface area contributed by atoms with Gasteiger partial charge in [-0.1, -0.05) is 30.3 Å². The van der Waals surface area contributed by atoms with Crippen molar-refractivity contribution in [3.63, 3.8) is 0 Å². The molecule has 0 aliphatic heterocycles. The Hall–Kier alpha value is -1.50. The Morgan fingerprint density at radius 1 is 1.33 bits per heavy atom. The van der Waals surface area contributed by atoms with E-state index in [-0.39, 0.29) is 0 Å². The maximum atomic E-state index is 5.28. The number of nitrogens with zero attached hydrogens (tertiary/aromatic N) is 3. The predicted molar refractivity (Wildman–Crippen MR) is 92.6 cm³/mol. The second kappa shape index (κ2) is 8.07. The lowest BCUT2D eigenvalue weighted by Crippen LogP contribution is -2.30. The first-order valence-electron chi connectivity index (χ1n) is 6.80. The van der Waals surface area contributed by atoms with Crippen LogP contribution in [0.15, 0.2) is 46.9 Å². The number of nitrogens with one attached hydrogen (secondary N) is 1. The quantitative estimate of drug-likeness (QED) is 0.855. The van der Waals surface area contributed by atoms with Crippen molar-refractivity contribution in [1.29, 1.82) is 0 Å². The van der Waals surface area contributed by atoms with Crippen LogP contribution < -0.4 is 10.1 Å². The number of aromatic nitrogens is 1. The first-order chi connectivity index (χ1) is 10.1. The molecule has 1 aromatic heterocycles. The largest absolute Gasteiger partial charge is 0.360 e. The fourth-order valence-corrected chi connectivity index (χ4v) is 2.78. The van der Waals surface area contributed by atoms with Crippen molar-refractivity contribution < 1.29 is 0 Å². The van der Waals surface area contributed by atoms with Crippen LogP contribution in [0.2, 0.25) is 0 Å². The van der Waals surface area contributed by atoms with Crippen LogP contribution in [0.3, 0.4) is 0 Å². The second-order valence-corrected chi connectivity index (χ2v) is 6.21. The summed E-state index contributed by atoms with van der Waals surface area (Å²) in [6.45, 7) is 2.55. The summed E-state index contributed by atoms with van der Waals surface area (Å²) < 4.78 is 2.11. The van der Waals surface area contributed by atoms with Gasteiger partial charge in [-0.05, 0) is 31.9 Å². The summed E-state index contributed by atoms with van der Waals surface area (Å²) in [4.78, 5) is 7.52. The van der Waals surface area contributed by atoms with E-state index in [1.165, 1.54) is 5.56 Å². The summed E-state index contributed by atoms with van der Waals surface area (Å²) in [6.07, 6.45) is 2.04. The molecule has 0 fully saturated rings. The predicted octanol–water partition coefficient (Wildman–Crippen LogP) is 1.93. The molecule has 1 aromatic carbocycles. The van der Waals surface area contributed by atoms with E-state index in [1.807, 2.05) is 43.9 Å². The third kappa shape index (κ3) is 5.41. The summed E-state index contributed by atoms with van der Waals surface area (Å²) in [5.41, 5.74) is 1.25. The maximum absolute atomic E-state index is 5.28. The van der Waals surface area contributed by atoms with Gasteiger partial charge in [-0.3, -0.25) is 0 Å². The van der Waals surface area contributed by atoms with E-state index in [2.05, 4.69) is 31.9 Å². The third-order valence-corrected chi connectivity index (χ3v) is 3.92. The van der Waals surface area contributed by atoms with E-state index in [0.29, 0.717) is 5.11 Å². The molecule has 4 nitrogen and oxygen atoms in total. The highest BCUT2D eigenvalue weighted by Gasteiger charge is 1.99. The highest BCUT2D eigenvalue weighted by molar-refractivity contribution is 7.80. The average molecular weight is 320 g/mol. The molecule has 0 amide bonds. The highest BCUT2D eigenvalue weighted by Crippen LogP contribution is 2.01. The number of thiocarbonyl (C=S) groups is 1. The van der Waals surface area contributed by atoms with Crippen LogP contribution in [0, 0.1) is 0 Å². The smallest absolute Gasteiger partial charge is 0.195 e. The number of likely N-dealkylation sites (N-methyl/N-ethyl adjacent to an activating group) is 1. The lowest BCUT2D eigenvalue weighted by atomic mass is 10.2. The maximum Gasteiger partial charge on any atom is 0.195 e. The minimum absolute atomic E-state index is 0.543. The first kappa shape index (κ1) is 15.9. The Labute approximate surface area is 134 Å². The summed E-state index contributed by atoms with van der Waals surface area (Å²) in [5, 5.41) is 5.73. The molecular weight excluding hydrogens is 300 g/mol. The van der Waals surface area contributed by atoms with Crippen molar-refractivity contribution in [3.8, 4) is 0 Å². The van der Waals surface area contributed by atoms with Crippen LogP contribution in [0.25, 0.3) is 0 Å². The van der Waals surface area contributed by atoms with E-state index in [0.717, 1.165) is 24.4 Å². The Morgan fingerprint density at radius 2 is 2.10 bits per heavy atom. The average Bonchev–Trinajstić information content (AvgIpc) is 2.86. The summed E-state index contributed by atoms with van der Waals surface area (Å²) >= 11 is 6.87. The van der Waals surface area contributed by atoms with E-state index < -0.39 is 0 Å². The molecule has 1 N–H and O–H groups in total. The van der Waals surface area contributed by atoms with E-state index >= 15 is 0 Å². The third-order valence-electron chi connectivity index (χ3n) is 2.89. The molecule has 0 radical (unpaired) electrons. The lowest BCUT2D eigenvalue weighted by Gasteiger charge is -2.09. The van der Waals surface area contributed by atoms with Crippen molar-refractivity contribution in [2.24, 2.45) is 4.99 Å². The van der Waals surface area contributed by atoms with Crippen LogP contribution in [0.1, 0.15) is 5.56 Å². The number of benzene rings is 1. The molecule has 0 saturated carbocycles. The van der Waals surface area contributed by atoms with Gasteiger partial charge in [-0.2, -0.15) is 4.99 Å². The Bertz CT molecular complexity index is 628. The Morgan fingerprint density at radius 3 is 2.81 bits per heavy atom. The van der Waals surface area contributed by atoms with Gasteiger partial charge in [-0.15, -0.1) is 11.3 Å². The zero-order valence-electron chi connectivity index (χ0n) is 12.3. The molecule has 0 aliphatic carbocycles. The summed E-state index contributed by atoms with van der Waals surface area (Å²) in [6, 6.07) is 10.3. The van der Waals surface area contributed by atoms with Crippen LogP contribution in [-0.4, -0.2) is 41.8 Å². The first-order valence-corrected chi connectivity index (χ1v) is 8.09. The van der Waals surface area contributed by atoms with Crippen molar-refractivity contribution in [3.05, 3.63) is 52.3 Å². The molecule has 0 unspecified atom stereocenters. The normalized spacial score (nSPS) is 11.9. The summed E-state index contributed by atoms with van der Waals surface area (Å²) in [7, 11) is 4.07. The fraction of sp³-hybridized carbons (Fsp3) is 0.333. The number of rotatable bonds is 5. The Balaban J connectivity index is 2.02. The molecule has 0 bridgehead atoms. The molecule has 0 atom stereocenters. The standard InChI is InChI=1S/C15H20N4S2/c1-18(2)9-8-16-14(20)17-15-19(10-11-21-15)12-13-6-4-3-5-7-13/h3-7,10-11H,8-9,12H2,1-2H3,(H,16,20). The topological polar surface area (TPSA) is 32.6 Å². The van der Waals surface area contributed by atoms with Gasteiger partial charge in [0.1, 0.15) is 0 Å². The van der Waals surface area contributed by atoms with Gasteiger partial charge in [0.2, 0.25) is 0 Å². The number of hydrogen-bond donors (Lipinski definition) is 1. The van der Waals surface area contributed by atoms with Crippen LogP contribution in [0.4, 0.5) is 0 Å². The zero-order valence-corrected chi connectivity index (χ0v) is 14.0.